The number of pyridine rings is 1. The van der Waals surface area contributed by atoms with Crippen LogP contribution in [-0.2, 0) is 14.3 Å². The zero-order chi connectivity index (χ0) is 27.1. The van der Waals surface area contributed by atoms with Gasteiger partial charge in [-0.1, -0.05) is 11.6 Å². The summed E-state index contributed by atoms with van der Waals surface area (Å²) in [6.45, 7) is 1.79. The van der Waals surface area contributed by atoms with Crippen LogP contribution in [0.5, 0.6) is 5.88 Å². The molecule has 10 nitrogen and oxygen atoms in total. The lowest BCUT2D eigenvalue weighted by Crippen LogP contribution is -2.49. The molecule has 4 aromatic rings. The van der Waals surface area contributed by atoms with Crippen LogP contribution in [0.1, 0.15) is 25.3 Å². The minimum Gasteiger partial charge on any atom is -0.475 e. The molecule has 0 saturated carbocycles. The molecule has 5 heterocycles. The predicted molar refractivity (Wildman–Crippen MR) is 138 cm³/mol. The van der Waals surface area contributed by atoms with E-state index in [1.165, 1.54) is 4.90 Å². The fourth-order valence-electron chi connectivity index (χ4n) is 6.62. The summed E-state index contributed by atoms with van der Waals surface area (Å²) in [5, 5.41) is 26.1. The van der Waals surface area contributed by atoms with Gasteiger partial charge >= 0.3 is 0 Å². The molecule has 3 fully saturated rings. The van der Waals surface area contributed by atoms with Gasteiger partial charge < -0.3 is 19.1 Å². The Hall–Kier alpha value is -4.04. The number of benzene rings is 2. The highest BCUT2D eigenvalue weighted by atomic mass is 35.5. The van der Waals surface area contributed by atoms with Crippen LogP contribution in [0.3, 0.4) is 0 Å². The first kappa shape index (κ1) is 24.0. The van der Waals surface area contributed by atoms with Crippen molar-refractivity contribution in [3.05, 3.63) is 59.2 Å². The number of nitriles is 1. The molecule has 2 unspecified atom stereocenters. The molecular formula is C28H21ClN4O6. The number of hydrogen-bond donors (Lipinski definition) is 1. The van der Waals surface area contributed by atoms with E-state index in [4.69, 9.17) is 25.6 Å². The van der Waals surface area contributed by atoms with E-state index in [0.717, 1.165) is 0 Å². The second kappa shape index (κ2) is 8.23. The van der Waals surface area contributed by atoms with Crippen molar-refractivity contribution in [2.75, 3.05) is 11.5 Å². The maximum atomic E-state index is 14.0. The molecule has 5 atom stereocenters. The van der Waals surface area contributed by atoms with Gasteiger partial charge in [0.15, 0.2) is 5.58 Å². The Bertz CT molecular complexity index is 1750. The van der Waals surface area contributed by atoms with Gasteiger partial charge in [0.2, 0.25) is 11.8 Å². The van der Waals surface area contributed by atoms with Crippen molar-refractivity contribution in [2.24, 2.45) is 11.8 Å². The number of carbonyl (C=O) groups is 2. The Kier molecular flexibility index (Phi) is 5.07. The van der Waals surface area contributed by atoms with Crippen LogP contribution in [0.4, 0.5) is 5.69 Å². The van der Waals surface area contributed by atoms with Crippen LogP contribution >= 0.6 is 11.6 Å². The van der Waals surface area contributed by atoms with E-state index in [0.29, 0.717) is 38.1 Å². The van der Waals surface area contributed by atoms with Gasteiger partial charge in [-0.2, -0.15) is 5.26 Å². The van der Waals surface area contributed by atoms with E-state index >= 15 is 0 Å². The van der Waals surface area contributed by atoms with Crippen molar-refractivity contribution in [3.63, 3.8) is 0 Å². The Balaban J connectivity index is 1.23. The van der Waals surface area contributed by atoms with Gasteiger partial charge in [-0.05, 0) is 54.5 Å². The Morgan fingerprint density at radius 1 is 1.21 bits per heavy atom. The summed E-state index contributed by atoms with van der Waals surface area (Å²) in [5.41, 5.74) is -0.723. The van der Waals surface area contributed by atoms with Crippen molar-refractivity contribution in [3.8, 4) is 11.9 Å². The first-order chi connectivity index (χ1) is 18.8. The van der Waals surface area contributed by atoms with Gasteiger partial charge in [-0.15, -0.1) is 0 Å². The van der Waals surface area contributed by atoms with Gasteiger partial charge in [0, 0.05) is 29.4 Å². The molecule has 11 heteroatoms. The monoisotopic (exact) mass is 544 g/mol. The highest BCUT2D eigenvalue weighted by Gasteiger charge is 2.77. The third-order valence-electron chi connectivity index (χ3n) is 8.39. The van der Waals surface area contributed by atoms with Crippen molar-refractivity contribution in [2.45, 2.75) is 37.1 Å². The normalized spacial score (nSPS) is 29.4. The number of nitrogens with zero attached hydrogens (tertiary/aromatic N) is 4. The van der Waals surface area contributed by atoms with E-state index < -0.39 is 41.0 Å². The lowest BCUT2D eigenvalue weighted by atomic mass is 9.66. The third kappa shape index (κ3) is 3.21. The lowest BCUT2D eigenvalue weighted by molar-refractivity contribution is -0.134. The first-order valence-corrected chi connectivity index (χ1v) is 12.9. The standard InChI is InChI=1S/C28H21ClN4O6/c1-27-20(34)12-28(39-27,8-10-37-24-17-11-15(29)5-7-19(17)38-32-24)22-21(27)25(35)33(26(22)36)18-6-4-14(13-30)23-16(18)3-2-9-31-23/h2-7,9,11,20-22,34H,8,10,12H2,1H3/t20-,21-,22+,27?,28?/m1/s1. The highest BCUT2D eigenvalue weighted by Crippen LogP contribution is 2.62. The van der Waals surface area contributed by atoms with Crippen molar-refractivity contribution >= 4 is 51.0 Å². The molecule has 39 heavy (non-hydrogen) atoms. The number of imide groups is 1. The fraction of sp³-hybridized carbons (Fsp3) is 0.321. The molecule has 7 rings (SSSR count). The topological polar surface area (TPSA) is 139 Å². The molecular weight excluding hydrogens is 524 g/mol. The number of halogens is 1. The third-order valence-corrected chi connectivity index (χ3v) is 8.62. The SMILES string of the molecule is CC12OC(CCOc3noc4ccc(Cl)cc34)(C[C@H]1O)[C@@H]1C(=O)N(c3ccc(C#N)c4ncccc34)C(=O)[C@@H]12. The number of fused-ring (bicyclic) bond motifs is 7. The van der Waals surface area contributed by atoms with Crippen LogP contribution in [0.15, 0.2) is 53.2 Å². The number of amides is 2. The van der Waals surface area contributed by atoms with Crippen LogP contribution in [-0.4, -0.2) is 51.0 Å². The summed E-state index contributed by atoms with van der Waals surface area (Å²) in [6, 6.07) is 13.7. The summed E-state index contributed by atoms with van der Waals surface area (Å²) >= 11 is 6.11. The molecule has 1 N–H and O–H groups in total. The Labute approximate surface area is 226 Å². The van der Waals surface area contributed by atoms with Crippen LogP contribution in [0.25, 0.3) is 21.9 Å². The van der Waals surface area contributed by atoms with E-state index in [-0.39, 0.29) is 25.3 Å². The average Bonchev–Trinajstić information content (AvgIpc) is 3.60. The number of aliphatic hydroxyl groups excluding tert-OH is 1. The summed E-state index contributed by atoms with van der Waals surface area (Å²) in [7, 11) is 0. The first-order valence-electron chi connectivity index (χ1n) is 12.5. The largest absolute Gasteiger partial charge is 0.475 e. The molecule has 2 aromatic carbocycles. The van der Waals surface area contributed by atoms with Crippen molar-refractivity contribution in [1.29, 1.82) is 5.26 Å². The molecule has 0 radical (unpaired) electrons. The van der Waals surface area contributed by atoms with Gasteiger partial charge in [0.1, 0.15) is 11.7 Å². The molecule has 2 bridgehead atoms. The van der Waals surface area contributed by atoms with Crippen LogP contribution in [0.2, 0.25) is 5.02 Å². The average molecular weight is 545 g/mol. The minimum absolute atomic E-state index is 0.103. The molecule has 2 amide bonds. The molecule has 196 valence electrons. The van der Waals surface area contributed by atoms with Gasteiger partial charge in [0.25, 0.3) is 5.88 Å². The lowest BCUT2D eigenvalue weighted by Gasteiger charge is -2.33. The van der Waals surface area contributed by atoms with E-state index in [1.807, 2.05) is 0 Å². The maximum Gasteiger partial charge on any atom is 0.262 e. The number of hydrogen-bond acceptors (Lipinski definition) is 9. The number of aromatic nitrogens is 2. The molecule has 0 spiro atoms. The quantitative estimate of drug-likeness (QED) is 0.372. The second-order valence-corrected chi connectivity index (χ2v) is 10.8. The second-order valence-electron chi connectivity index (χ2n) is 10.4. The van der Waals surface area contributed by atoms with E-state index in [1.54, 1.807) is 55.6 Å². The van der Waals surface area contributed by atoms with Gasteiger partial charge in [-0.3, -0.25) is 14.6 Å². The molecule has 3 aliphatic heterocycles. The van der Waals surface area contributed by atoms with Gasteiger partial charge in [-0.25, -0.2) is 4.90 Å². The van der Waals surface area contributed by atoms with E-state index in [9.17, 15) is 20.0 Å². The van der Waals surface area contributed by atoms with Crippen molar-refractivity contribution in [1.82, 2.24) is 10.1 Å². The smallest absolute Gasteiger partial charge is 0.262 e. The Morgan fingerprint density at radius 2 is 2.03 bits per heavy atom. The van der Waals surface area contributed by atoms with Gasteiger partial charge in [0.05, 0.1) is 52.3 Å². The zero-order valence-corrected chi connectivity index (χ0v) is 21.4. The molecule has 2 aromatic heterocycles. The minimum atomic E-state index is -1.24. The summed E-state index contributed by atoms with van der Waals surface area (Å²) < 4.78 is 17.6. The highest BCUT2D eigenvalue weighted by molar-refractivity contribution is 6.31. The Morgan fingerprint density at radius 3 is 2.85 bits per heavy atom. The summed E-state index contributed by atoms with van der Waals surface area (Å²) in [4.78, 5) is 33.4. The zero-order valence-electron chi connectivity index (χ0n) is 20.6. The molecule has 0 aliphatic carbocycles. The van der Waals surface area contributed by atoms with Crippen LogP contribution in [0, 0.1) is 23.2 Å². The van der Waals surface area contributed by atoms with Crippen LogP contribution < -0.4 is 9.64 Å². The summed E-state index contributed by atoms with van der Waals surface area (Å²) in [6.07, 6.45) is 1.03. The molecule has 3 saturated heterocycles. The number of ether oxygens (including phenoxy) is 2. The number of anilines is 1. The molecule has 3 aliphatic rings. The number of aliphatic hydroxyl groups is 1. The fourth-order valence-corrected chi connectivity index (χ4v) is 6.79. The van der Waals surface area contributed by atoms with Crippen molar-refractivity contribution < 1.29 is 28.7 Å². The summed E-state index contributed by atoms with van der Waals surface area (Å²) in [5.74, 6) is -2.28. The maximum absolute atomic E-state index is 14.0. The number of rotatable bonds is 5. The van der Waals surface area contributed by atoms with E-state index in [2.05, 4.69) is 16.2 Å². The predicted octanol–water partition coefficient (Wildman–Crippen LogP) is 3.77. The number of carbonyl (C=O) groups excluding carboxylic acids is 2.